The molecule has 0 fully saturated rings. The third-order valence-electron chi connectivity index (χ3n) is 3.86. The lowest BCUT2D eigenvalue weighted by Gasteiger charge is -2.11. The number of amides is 1. The van der Waals surface area contributed by atoms with Gasteiger partial charge in [-0.25, -0.2) is 0 Å². The van der Waals surface area contributed by atoms with Crippen molar-refractivity contribution in [3.05, 3.63) is 46.8 Å². The summed E-state index contributed by atoms with van der Waals surface area (Å²) in [5.74, 6) is 0.913. The minimum absolute atomic E-state index is 0.0279. The number of benzene rings is 1. The van der Waals surface area contributed by atoms with Crippen LogP contribution in [0.15, 0.2) is 24.4 Å². The molecule has 0 aliphatic carbocycles. The minimum atomic E-state index is 0.0279. The van der Waals surface area contributed by atoms with E-state index in [4.69, 9.17) is 4.74 Å². The number of para-hydroxylation sites is 1. The predicted molar refractivity (Wildman–Crippen MR) is 90.7 cm³/mol. The van der Waals surface area contributed by atoms with Crippen molar-refractivity contribution in [3.63, 3.8) is 0 Å². The second kappa shape index (κ2) is 8.36. The normalized spacial score (nSPS) is 10.6. The Morgan fingerprint density at radius 3 is 2.65 bits per heavy atom. The molecule has 0 bridgehead atoms. The van der Waals surface area contributed by atoms with E-state index < -0.39 is 0 Å². The van der Waals surface area contributed by atoms with Gasteiger partial charge in [-0.3, -0.25) is 9.89 Å². The number of aromatic nitrogens is 2. The molecule has 0 spiro atoms. The Kier molecular flexibility index (Phi) is 6.20. The average molecular weight is 315 g/mol. The quantitative estimate of drug-likeness (QED) is 0.736. The van der Waals surface area contributed by atoms with Crippen LogP contribution in [0.25, 0.3) is 0 Å². The fourth-order valence-electron chi connectivity index (χ4n) is 2.50. The highest BCUT2D eigenvalue weighted by atomic mass is 16.5. The van der Waals surface area contributed by atoms with Crippen molar-refractivity contribution >= 4 is 5.91 Å². The molecule has 1 aromatic heterocycles. The standard InChI is InChI=1S/C18H25N3O2/c1-13-6-4-7-14(2)18(13)23-11-9-17(22)19-10-5-8-16-12-20-21-15(16)3/h4,6-7,12H,5,8-11H2,1-3H3,(H,19,22)(H,20,21). The van der Waals surface area contributed by atoms with Crippen molar-refractivity contribution in [1.29, 1.82) is 0 Å². The van der Waals surface area contributed by atoms with Gasteiger partial charge in [0.1, 0.15) is 5.75 Å². The molecule has 2 aromatic rings. The van der Waals surface area contributed by atoms with Gasteiger partial charge in [0.05, 0.1) is 19.2 Å². The van der Waals surface area contributed by atoms with E-state index in [0.717, 1.165) is 35.4 Å². The van der Waals surface area contributed by atoms with Gasteiger partial charge in [-0.2, -0.15) is 5.10 Å². The maximum Gasteiger partial charge on any atom is 0.223 e. The highest BCUT2D eigenvalue weighted by molar-refractivity contribution is 5.75. The first-order chi connectivity index (χ1) is 11.1. The number of carbonyl (C=O) groups is 1. The Balaban J connectivity index is 1.63. The Morgan fingerprint density at radius 2 is 2.00 bits per heavy atom. The van der Waals surface area contributed by atoms with Gasteiger partial charge in [-0.15, -0.1) is 0 Å². The molecule has 0 aliphatic rings. The van der Waals surface area contributed by atoms with Gasteiger partial charge in [0.25, 0.3) is 0 Å². The largest absolute Gasteiger partial charge is 0.493 e. The SMILES string of the molecule is Cc1cccc(C)c1OCCC(=O)NCCCc1cn[nH]c1C. The summed E-state index contributed by atoms with van der Waals surface area (Å²) in [5, 5.41) is 9.84. The second-order valence-electron chi connectivity index (χ2n) is 5.79. The zero-order chi connectivity index (χ0) is 16.7. The first kappa shape index (κ1) is 17.1. The molecule has 0 aliphatic heterocycles. The van der Waals surface area contributed by atoms with Crippen LogP contribution < -0.4 is 10.1 Å². The molecule has 5 heteroatoms. The molecule has 0 saturated carbocycles. The lowest BCUT2D eigenvalue weighted by atomic mass is 10.1. The van der Waals surface area contributed by atoms with E-state index in [9.17, 15) is 4.79 Å². The van der Waals surface area contributed by atoms with E-state index in [1.807, 2.05) is 45.2 Å². The van der Waals surface area contributed by atoms with Crippen molar-refractivity contribution in [2.75, 3.05) is 13.2 Å². The van der Waals surface area contributed by atoms with Crippen LogP contribution in [-0.4, -0.2) is 29.3 Å². The Hall–Kier alpha value is -2.30. The number of aromatic amines is 1. The van der Waals surface area contributed by atoms with E-state index in [0.29, 0.717) is 19.6 Å². The summed E-state index contributed by atoms with van der Waals surface area (Å²) in [5.41, 5.74) is 4.50. The van der Waals surface area contributed by atoms with Gasteiger partial charge < -0.3 is 10.1 Å². The van der Waals surface area contributed by atoms with E-state index >= 15 is 0 Å². The Bertz CT molecular complexity index is 629. The van der Waals surface area contributed by atoms with Crippen molar-refractivity contribution in [3.8, 4) is 5.75 Å². The summed E-state index contributed by atoms with van der Waals surface area (Å²) >= 11 is 0. The number of nitrogens with one attached hydrogen (secondary N) is 2. The lowest BCUT2D eigenvalue weighted by molar-refractivity contribution is -0.121. The average Bonchev–Trinajstić information content (AvgIpc) is 2.92. The van der Waals surface area contributed by atoms with Crippen LogP contribution in [-0.2, 0) is 11.2 Å². The third kappa shape index (κ3) is 5.13. The topological polar surface area (TPSA) is 67.0 Å². The highest BCUT2D eigenvalue weighted by Crippen LogP contribution is 2.22. The summed E-state index contributed by atoms with van der Waals surface area (Å²) in [7, 11) is 0. The zero-order valence-corrected chi connectivity index (χ0v) is 14.1. The summed E-state index contributed by atoms with van der Waals surface area (Å²) < 4.78 is 5.75. The molecule has 2 N–H and O–H groups in total. The maximum atomic E-state index is 11.8. The number of hydrogen-bond acceptors (Lipinski definition) is 3. The summed E-state index contributed by atoms with van der Waals surface area (Å²) in [6.07, 6.45) is 4.04. The van der Waals surface area contributed by atoms with Crippen molar-refractivity contribution in [1.82, 2.24) is 15.5 Å². The van der Waals surface area contributed by atoms with E-state index in [1.54, 1.807) is 0 Å². The molecule has 1 aromatic carbocycles. The Morgan fingerprint density at radius 1 is 1.26 bits per heavy atom. The lowest BCUT2D eigenvalue weighted by Crippen LogP contribution is -2.26. The molecule has 0 unspecified atom stereocenters. The predicted octanol–water partition coefficient (Wildman–Crippen LogP) is 2.85. The van der Waals surface area contributed by atoms with Crippen LogP contribution in [0.2, 0.25) is 0 Å². The summed E-state index contributed by atoms with van der Waals surface area (Å²) in [4.78, 5) is 11.8. The number of hydrogen-bond donors (Lipinski definition) is 2. The van der Waals surface area contributed by atoms with Crippen molar-refractivity contribution in [2.24, 2.45) is 0 Å². The maximum absolute atomic E-state index is 11.8. The van der Waals surface area contributed by atoms with E-state index in [2.05, 4.69) is 15.5 Å². The van der Waals surface area contributed by atoms with Crippen LogP contribution in [0.5, 0.6) is 5.75 Å². The fraction of sp³-hybridized carbons (Fsp3) is 0.444. The molecule has 124 valence electrons. The van der Waals surface area contributed by atoms with Gasteiger partial charge in [0.15, 0.2) is 0 Å². The molecule has 2 rings (SSSR count). The molecule has 0 saturated heterocycles. The van der Waals surface area contributed by atoms with Crippen molar-refractivity contribution < 1.29 is 9.53 Å². The highest BCUT2D eigenvalue weighted by Gasteiger charge is 2.06. The van der Waals surface area contributed by atoms with Gasteiger partial charge in [-0.1, -0.05) is 18.2 Å². The summed E-state index contributed by atoms with van der Waals surface area (Å²) in [6, 6.07) is 6.03. The molecular weight excluding hydrogens is 290 g/mol. The second-order valence-corrected chi connectivity index (χ2v) is 5.79. The third-order valence-corrected chi connectivity index (χ3v) is 3.86. The molecular formula is C18H25N3O2. The van der Waals surface area contributed by atoms with Gasteiger partial charge in [0.2, 0.25) is 5.91 Å². The first-order valence-corrected chi connectivity index (χ1v) is 8.02. The Labute approximate surface area is 137 Å². The van der Waals surface area contributed by atoms with Gasteiger partial charge >= 0.3 is 0 Å². The number of H-pyrrole nitrogens is 1. The molecule has 0 atom stereocenters. The molecule has 1 amide bonds. The molecule has 23 heavy (non-hydrogen) atoms. The molecule has 1 heterocycles. The first-order valence-electron chi connectivity index (χ1n) is 8.02. The number of aryl methyl sites for hydroxylation is 4. The van der Waals surface area contributed by atoms with E-state index in [-0.39, 0.29) is 5.91 Å². The number of ether oxygens (including phenoxy) is 1. The van der Waals surface area contributed by atoms with Crippen LogP contribution >= 0.6 is 0 Å². The molecule has 5 nitrogen and oxygen atoms in total. The van der Waals surface area contributed by atoms with Crippen molar-refractivity contribution in [2.45, 2.75) is 40.0 Å². The van der Waals surface area contributed by atoms with Gasteiger partial charge in [-0.05, 0) is 50.3 Å². The zero-order valence-electron chi connectivity index (χ0n) is 14.1. The minimum Gasteiger partial charge on any atom is -0.493 e. The van der Waals surface area contributed by atoms with Crippen LogP contribution in [0.1, 0.15) is 35.2 Å². The monoisotopic (exact) mass is 315 g/mol. The summed E-state index contributed by atoms with van der Waals surface area (Å²) in [6.45, 7) is 7.11. The van der Waals surface area contributed by atoms with Crippen LogP contribution in [0, 0.1) is 20.8 Å². The smallest absolute Gasteiger partial charge is 0.223 e. The fourth-order valence-corrected chi connectivity index (χ4v) is 2.50. The van der Waals surface area contributed by atoms with E-state index in [1.165, 1.54) is 5.56 Å². The molecule has 0 radical (unpaired) electrons. The van der Waals surface area contributed by atoms with Gasteiger partial charge in [0, 0.05) is 12.2 Å². The number of nitrogens with zero attached hydrogens (tertiary/aromatic N) is 1. The van der Waals surface area contributed by atoms with Crippen LogP contribution in [0.3, 0.4) is 0 Å². The number of rotatable bonds is 8. The number of carbonyl (C=O) groups excluding carboxylic acids is 1. The van der Waals surface area contributed by atoms with Crippen LogP contribution in [0.4, 0.5) is 0 Å².